The molecule has 0 aliphatic heterocycles. The number of carbonyl (C=O) groups excluding carboxylic acids is 1. The van der Waals surface area contributed by atoms with E-state index in [2.05, 4.69) is 19.7 Å². The number of hydrogen-bond donors (Lipinski definition) is 0. The number of halogens is 3. The summed E-state index contributed by atoms with van der Waals surface area (Å²) in [6.07, 6.45) is 3.89. The van der Waals surface area contributed by atoms with Gasteiger partial charge in [-0.05, 0) is 18.2 Å². The van der Waals surface area contributed by atoms with Gasteiger partial charge in [-0.15, -0.1) is 0 Å². The zero-order valence-electron chi connectivity index (χ0n) is 13.9. The average molecular weight is 392 g/mol. The molecule has 6 nitrogen and oxygen atoms in total. The molecule has 0 fully saturated rings. The average Bonchev–Trinajstić information content (AvgIpc) is 2.64. The summed E-state index contributed by atoms with van der Waals surface area (Å²) in [6, 6.07) is 4.95. The number of benzene rings is 1. The van der Waals surface area contributed by atoms with Gasteiger partial charge in [0, 0.05) is 24.0 Å². The summed E-state index contributed by atoms with van der Waals surface area (Å²) in [7, 11) is 1.26. The van der Waals surface area contributed by atoms with Gasteiger partial charge in [-0.3, -0.25) is 9.78 Å². The molecule has 27 heavy (non-hydrogen) atoms. The minimum absolute atomic E-state index is 0.0450. The Morgan fingerprint density at radius 1 is 1.15 bits per heavy atom. The van der Waals surface area contributed by atoms with E-state index in [0.29, 0.717) is 5.69 Å². The number of rotatable bonds is 5. The van der Waals surface area contributed by atoms with Gasteiger partial charge < -0.3 is 9.47 Å². The Hall–Kier alpha value is -3.13. The first-order chi connectivity index (χ1) is 13.0. The van der Waals surface area contributed by atoms with E-state index in [9.17, 15) is 13.6 Å². The van der Waals surface area contributed by atoms with Gasteiger partial charge >= 0.3 is 5.97 Å². The molecule has 0 amide bonds. The largest absolute Gasteiger partial charge is 0.469 e. The molecule has 0 N–H and O–H groups in total. The fourth-order valence-electron chi connectivity index (χ4n) is 2.20. The first-order valence-electron chi connectivity index (χ1n) is 7.63. The van der Waals surface area contributed by atoms with Crippen molar-refractivity contribution in [2.24, 2.45) is 0 Å². The predicted molar refractivity (Wildman–Crippen MR) is 92.4 cm³/mol. The molecule has 9 heteroatoms. The Balaban J connectivity index is 1.84. The van der Waals surface area contributed by atoms with Crippen LogP contribution in [-0.4, -0.2) is 28.0 Å². The number of methoxy groups -OCH3 is 1. The van der Waals surface area contributed by atoms with E-state index in [1.54, 1.807) is 0 Å². The molecular weight excluding hydrogens is 380 g/mol. The van der Waals surface area contributed by atoms with Gasteiger partial charge in [0.25, 0.3) is 5.88 Å². The minimum Gasteiger partial charge on any atom is -0.469 e. The molecule has 3 aromatic rings. The number of aromatic nitrogens is 3. The highest BCUT2D eigenvalue weighted by Crippen LogP contribution is 2.28. The summed E-state index contributed by atoms with van der Waals surface area (Å²) in [5.74, 6) is -2.20. The molecule has 0 saturated heterocycles. The summed E-state index contributed by atoms with van der Waals surface area (Å²) < 4.78 is 38.0. The molecular formula is C18H12ClF2N3O3. The van der Waals surface area contributed by atoms with E-state index in [1.807, 2.05) is 0 Å². The smallest absolute Gasteiger partial charge is 0.311 e. The van der Waals surface area contributed by atoms with E-state index >= 15 is 0 Å². The molecule has 0 aliphatic carbocycles. The Kier molecular flexibility index (Phi) is 5.56. The second-order valence-corrected chi connectivity index (χ2v) is 5.77. The summed E-state index contributed by atoms with van der Waals surface area (Å²) in [5.41, 5.74) is 0.717. The van der Waals surface area contributed by atoms with Gasteiger partial charge in [0.15, 0.2) is 5.82 Å². The Morgan fingerprint density at radius 2 is 1.96 bits per heavy atom. The first kappa shape index (κ1) is 18.7. The third kappa shape index (κ3) is 4.53. The van der Waals surface area contributed by atoms with Crippen molar-refractivity contribution in [3.05, 3.63) is 65.2 Å². The number of esters is 1. The third-order valence-electron chi connectivity index (χ3n) is 3.44. The molecule has 0 unspecified atom stereocenters. The minimum atomic E-state index is -0.770. The second-order valence-electron chi connectivity index (χ2n) is 5.33. The van der Waals surface area contributed by atoms with Crippen LogP contribution in [-0.2, 0) is 16.0 Å². The van der Waals surface area contributed by atoms with Crippen molar-refractivity contribution in [3.63, 3.8) is 0 Å². The number of carbonyl (C=O) groups is 1. The number of nitrogens with zero attached hydrogens (tertiary/aromatic N) is 3. The van der Waals surface area contributed by atoms with E-state index in [-0.39, 0.29) is 34.3 Å². The highest BCUT2D eigenvalue weighted by atomic mass is 35.5. The van der Waals surface area contributed by atoms with Crippen LogP contribution in [0.15, 0.2) is 42.9 Å². The number of hydrogen-bond acceptors (Lipinski definition) is 6. The maximum absolute atomic E-state index is 14.5. The van der Waals surface area contributed by atoms with Crippen LogP contribution in [0.25, 0.3) is 11.3 Å². The van der Waals surface area contributed by atoms with Crippen LogP contribution in [0, 0.1) is 11.6 Å². The summed E-state index contributed by atoms with van der Waals surface area (Å²) in [5, 5.41) is 0.117. The van der Waals surface area contributed by atoms with E-state index in [4.69, 9.17) is 16.3 Å². The number of pyridine rings is 1. The first-order valence-corrected chi connectivity index (χ1v) is 8.00. The lowest BCUT2D eigenvalue weighted by atomic mass is 10.1. The molecule has 1 aromatic carbocycles. The van der Waals surface area contributed by atoms with Gasteiger partial charge in [-0.2, -0.15) is 0 Å². The molecule has 0 radical (unpaired) electrons. The van der Waals surface area contributed by atoms with Gasteiger partial charge in [0.1, 0.15) is 11.6 Å². The van der Waals surface area contributed by atoms with Crippen molar-refractivity contribution in [2.45, 2.75) is 6.42 Å². The van der Waals surface area contributed by atoms with Crippen LogP contribution in [0.5, 0.6) is 11.6 Å². The fourth-order valence-corrected chi connectivity index (χ4v) is 2.34. The normalized spacial score (nSPS) is 10.5. The maximum Gasteiger partial charge on any atom is 0.311 e. The molecule has 0 spiro atoms. The zero-order chi connectivity index (χ0) is 19.4. The van der Waals surface area contributed by atoms with Gasteiger partial charge in [0.05, 0.1) is 36.1 Å². The predicted octanol–water partition coefficient (Wildman–Crippen LogP) is 3.98. The zero-order valence-corrected chi connectivity index (χ0v) is 14.7. The second kappa shape index (κ2) is 8.05. The van der Waals surface area contributed by atoms with Crippen molar-refractivity contribution in [1.29, 1.82) is 0 Å². The molecule has 0 saturated carbocycles. The van der Waals surface area contributed by atoms with Crippen LogP contribution in [0.1, 0.15) is 5.69 Å². The fraction of sp³-hybridized carbons (Fsp3) is 0.111. The van der Waals surface area contributed by atoms with Crippen molar-refractivity contribution >= 4 is 17.6 Å². The van der Waals surface area contributed by atoms with Crippen LogP contribution in [0.3, 0.4) is 0 Å². The van der Waals surface area contributed by atoms with E-state index in [0.717, 1.165) is 12.1 Å². The summed E-state index contributed by atoms with van der Waals surface area (Å²) in [6.45, 7) is 0. The maximum atomic E-state index is 14.5. The van der Waals surface area contributed by atoms with Crippen LogP contribution in [0.2, 0.25) is 5.02 Å². The molecule has 2 aromatic heterocycles. The molecule has 3 rings (SSSR count). The van der Waals surface area contributed by atoms with Crippen molar-refractivity contribution in [2.75, 3.05) is 7.11 Å². The highest BCUT2D eigenvalue weighted by Gasteiger charge is 2.13. The monoisotopic (exact) mass is 391 g/mol. The SMILES string of the molecule is COC(=O)Cc1cncc(-c2ccc(Oc3ncc(Cl)cc3F)cc2F)n1. The molecule has 0 bridgehead atoms. The van der Waals surface area contributed by atoms with Crippen LogP contribution in [0.4, 0.5) is 8.78 Å². The van der Waals surface area contributed by atoms with Crippen LogP contribution < -0.4 is 4.74 Å². The number of ether oxygens (including phenoxy) is 2. The van der Waals surface area contributed by atoms with Gasteiger partial charge in [-0.25, -0.2) is 18.7 Å². The van der Waals surface area contributed by atoms with E-state index in [1.165, 1.54) is 37.8 Å². The Bertz CT molecular complexity index is 1000. The lowest BCUT2D eigenvalue weighted by Crippen LogP contribution is -2.07. The molecule has 0 aliphatic rings. The molecule has 0 atom stereocenters. The molecule has 138 valence electrons. The van der Waals surface area contributed by atoms with Gasteiger partial charge in [0.2, 0.25) is 0 Å². The lowest BCUT2D eigenvalue weighted by molar-refractivity contribution is -0.139. The summed E-state index contributed by atoms with van der Waals surface area (Å²) >= 11 is 5.63. The topological polar surface area (TPSA) is 74.2 Å². The van der Waals surface area contributed by atoms with Crippen molar-refractivity contribution < 1.29 is 23.0 Å². The standard InChI is InChI=1S/C18H12ClF2N3O3/c1-26-17(25)5-11-8-22-9-16(24-11)13-3-2-12(6-14(13)20)27-18-15(21)4-10(19)7-23-18/h2-4,6-9H,5H2,1H3. The molecule has 2 heterocycles. The lowest BCUT2D eigenvalue weighted by Gasteiger charge is -2.09. The summed E-state index contributed by atoms with van der Waals surface area (Å²) in [4.78, 5) is 23.2. The third-order valence-corrected chi connectivity index (χ3v) is 3.65. The van der Waals surface area contributed by atoms with E-state index < -0.39 is 17.6 Å². The Morgan fingerprint density at radius 3 is 2.67 bits per heavy atom. The van der Waals surface area contributed by atoms with Crippen molar-refractivity contribution in [1.82, 2.24) is 15.0 Å². The highest BCUT2D eigenvalue weighted by molar-refractivity contribution is 6.30. The van der Waals surface area contributed by atoms with Crippen LogP contribution >= 0.6 is 11.6 Å². The Labute approximate surface area is 157 Å². The quantitative estimate of drug-likeness (QED) is 0.612. The van der Waals surface area contributed by atoms with Gasteiger partial charge in [-0.1, -0.05) is 11.6 Å². The van der Waals surface area contributed by atoms with Crippen molar-refractivity contribution in [3.8, 4) is 22.9 Å².